The minimum absolute atomic E-state index is 0.106. The van der Waals surface area contributed by atoms with Crippen LogP contribution in [0, 0.1) is 19.7 Å². The van der Waals surface area contributed by atoms with Crippen LogP contribution in [0.5, 0.6) is 0 Å². The van der Waals surface area contributed by atoms with E-state index in [0.717, 1.165) is 6.07 Å². The van der Waals surface area contributed by atoms with Gasteiger partial charge in [-0.15, -0.1) is 0 Å². The van der Waals surface area contributed by atoms with Gasteiger partial charge in [-0.25, -0.2) is 9.18 Å². The summed E-state index contributed by atoms with van der Waals surface area (Å²) in [6, 6.07) is 3.58. The highest BCUT2D eigenvalue weighted by molar-refractivity contribution is 6.31. The van der Waals surface area contributed by atoms with Crippen molar-refractivity contribution in [2.45, 2.75) is 20.4 Å². The van der Waals surface area contributed by atoms with Crippen molar-refractivity contribution in [3.8, 4) is 0 Å². The number of benzene rings is 1. The summed E-state index contributed by atoms with van der Waals surface area (Å²) in [7, 11) is 1.22. The second kappa shape index (κ2) is 6.78. The Bertz CT molecular complexity index is 774. The predicted octanol–water partition coefficient (Wildman–Crippen LogP) is 2.72. The molecular weight excluding hydrogens is 325 g/mol. The highest BCUT2D eigenvalue weighted by atomic mass is 35.5. The number of aryl methyl sites for hydroxylation is 1. The number of rotatable bonds is 4. The first kappa shape index (κ1) is 17.0. The van der Waals surface area contributed by atoms with Gasteiger partial charge in [0.25, 0.3) is 0 Å². The maximum atomic E-state index is 13.8. The lowest BCUT2D eigenvalue weighted by Crippen LogP contribution is -2.21. The van der Waals surface area contributed by atoms with Gasteiger partial charge in [0.1, 0.15) is 12.4 Å². The molecule has 0 bridgehead atoms. The number of halogens is 2. The second-order valence-electron chi connectivity index (χ2n) is 4.88. The molecule has 6 nitrogen and oxygen atoms in total. The summed E-state index contributed by atoms with van der Waals surface area (Å²) in [5.74, 6) is -1.77. The van der Waals surface area contributed by atoms with Gasteiger partial charge in [-0.2, -0.15) is 5.10 Å². The van der Waals surface area contributed by atoms with Crippen LogP contribution in [0.2, 0.25) is 5.02 Å². The lowest BCUT2D eigenvalue weighted by atomic mass is 10.2. The fourth-order valence-electron chi connectivity index (χ4n) is 2.02. The fraction of sp³-hybridized carbons (Fsp3) is 0.267. The molecule has 2 rings (SSSR count). The molecule has 1 aromatic heterocycles. The Morgan fingerprint density at radius 1 is 1.39 bits per heavy atom. The number of carbonyl (C=O) groups is 2. The Labute approximate surface area is 137 Å². The highest BCUT2D eigenvalue weighted by Gasteiger charge is 2.15. The number of hydrogen-bond acceptors (Lipinski definition) is 4. The molecule has 1 aromatic carbocycles. The van der Waals surface area contributed by atoms with Gasteiger partial charge in [-0.05, 0) is 32.0 Å². The van der Waals surface area contributed by atoms with E-state index >= 15 is 0 Å². The average molecular weight is 340 g/mol. The number of aromatic nitrogens is 2. The molecule has 0 saturated carbocycles. The van der Waals surface area contributed by atoms with Gasteiger partial charge in [0.2, 0.25) is 5.91 Å². The summed E-state index contributed by atoms with van der Waals surface area (Å²) < 4.78 is 19.8. The molecule has 23 heavy (non-hydrogen) atoms. The molecule has 0 fully saturated rings. The molecule has 0 atom stereocenters. The van der Waals surface area contributed by atoms with Crippen LogP contribution in [0.3, 0.4) is 0 Å². The number of carbonyl (C=O) groups excluding carboxylic acids is 2. The third-order valence-electron chi connectivity index (χ3n) is 3.25. The standard InChI is InChI=1S/C15H15ClFN3O3/c1-8-14(16)9(2)20(19-8)7-13(21)18-12-6-10(15(22)23-3)4-5-11(12)17/h4-6H,7H2,1-3H3,(H,18,21). The molecular formula is C15H15ClFN3O3. The SMILES string of the molecule is COC(=O)c1ccc(F)c(NC(=O)Cn2nc(C)c(Cl)c2C)c1. The molecule has 1 N–H and O–H groups in total. The average Bonchev–Trinajstić information content (AvgIpc) is 2.75. The van der Waals surface area contributed by atoms with Crippen LogP contribution in [-0.2, 0) is 16.1 Å². The number of amides is 1. The van der Waals surface area contributed by atoms with E-state index in [0.29, 0.717) is 16.4 Å². The fourth-order valence-corrected chi connectivity index (χ4v) is 2.16. The summed E-state index contributed by atoms with van der Waals surface area (Å²) in [4.78, 5) is 23.5. The summed E-state index contributed by atoms with van der Waals surface area (Å²) in [6.07, 6.45) is 0. The molecule has 2 aromatic rings. The van der Waals surface area contributed by atoms with Gasteiger partial charge in [-0.1, -0.05) is 11.6 Å². The van der Waals surface area contributed by atoms with Crippen molar-refractivity contribution < 1.29 is 18.7 Å². The summed E-state index contributed by atoms with van der Waals surface area (Å²) in [5.41, 5.74) is 1.28. The molecule has 0 spiro atoms. The minimum Gasteiger partial charge on any atom is -0.465 e. The lowest BCUT2D eigenvalue weighted by molar-refractivity contribution is -0.117. The van der Waals surface area contributed by atoms with Crippen molar-refractivity contribution in [3.63, 3.8) is 0 Å². The van der Waals surface area contributed by atoms with Crippen molar-refractivity contribution in [1.29, 1.82) is 0 Å². The maximum absolute atomic E-state index is 13.8. The number of anilines is 1. The second-order valence-corrected chi connectivity index (χ2v) is 5.25. The minimum atomic E-state index is -0.655. The third kappa shape index (κ3) is 3.68. The number of esters is 1. The van der Waals surface area contributed by atoms with Crippen molar-refractivity contribution in [2.75, 3.05) is 12.4 Å². The molecule has 8 heteroatoms. The van der Waals surface area contributed by atoms with Crippen molar-refractivity contribution in [2.24, 2.45) is 0 Å². The third-order valence-corrected chi connectivity index (χ3v) is 3.80. The molecule has 0 aliphatic heterocycles. The van der Waals surface area contributed by atoms with E-state index in [9.17, 15) is 14.0 Å². The van der Waals surface area contributed by atoms with E-state index in [1.165, 1.54) is 23.9 Å². The Balaban J connectivity index is 2.16. The first-order valence-electron chi connectivity index (χ1n) is 6.70. The van der Waals surface area contributed by atoms with E-state index in [1.54, 1.807) is 13.8 Å². The normalized spacial score (nSPS) is 10.5. The Morgan fingerprint density at radius 3 is 2.65 bits per heavy atom. The number of nitrogens with one attached hydrogen (secondary N) is 1. The van der Waals surface area contributed by atoms with Gasteiger partial charge < -0.3 is 10.1 Å². The van der Waals surface area contributed by atoms with E-state index in [2.05, 4.69) is 15.2 Å². The topological polar surface area (TPSA) is 73.2 Å². The summed E-state index contributed by atoms with van der Waals surface area (Å²) in [6.45, 7) is 3.33. The smallest absolute Gasteiger partial charge is 0.337 e. The molecule has 0 saturated heterocycles. The van der Waals surface area contributed by atoms with E-state index in [4.69, 9.17) is 11.6 Å². The molecule has 1 amide bonds. The van der Waals surface area contributed by atoms with Crippen LogP contribution < -0.4 is 5.32 Å². The van der Waals surface area contributed by atoms with Crippen LogP contribution in [-0.4, -0.2) is 28.8 Å². The Morgan fingerprint density at radius 2 is 2.09 bits per heavy atom. The van der Waals surface area contributed by atoms with Gasteiger partial charge in [0, 0.05) is 0 Å². The van der Waals surface area contributed by atoms with Crippen LogP contribution in [0.25, 0.3) is 0 Å². The van der Waals surface area contributed by atoms with Gasteiger partial charge in [0.15, 0.2) is 0 Å². The number of nitrogens with zero attached hydrogens (tertiary/aromatic N) is 2. The van der Waals surface area contributed by atoms with Gasteiger partial charge >= 0.3 is 5.97 Å². The number of hydrogen-bond donors (Lipinski definition) is 1. The zero-order valence-electron chi connectivity index (χ0n) is 12.8. The predicted molar refractivity (Wildman–Crippen MR) is 83.1 cm³/mol. The number of methoxy groups -OCH3 is 1. The molecule has 0 aliphatic rings. The van der Waals surface area contributed by atoms with Gasteiger partial charge in [0.05, 0.1) is 34.8 Å². The maximum Gasteiger partial charge on any atom is 0.337 e. The van der Waals surface area contributed by atoms with Crippen LogP contribution in [0.1, 0.15) is 21.7 Å². The summed E-state index contributed by atoms with van der Waals surface area (Å²) in [5, 5.41) is 7.02. The number of ether oxygens (including phenoxy) is 1. The first-order valence-corrected chi connectivity index (χ1v) is 7.08. The van der Waals surface area contributed by atoms with E-state index < -0.39 is 17.7 Å². The van der Waals surface area contributed by atoms with Crippen molar-refractivity contribution >= 4 is 29.2 Å². The monoisotopic (exact) mass is 339 g/mol. The molecule has 0 unspecified atom stereocenters. The van der Waals surface area contributed by atoms with Crippen molar-refractivity contribution in [3.05, 3.63) is 46.0 Å². The van der Waals surface area contributed by atoms with E-state index in [-0.39, 0.29) is 17.8 Å². The van der Waals surface area contributed by atoms with Gasteiger partial charge in [-0.3, -0.25) is 9.48 Å². The highest BCUT2D eigenvalue weighted by Crippen LogP contribution is 2.20. The van der Waals surface area contributed by atoms with Crippen molar-refractivity contribution in [1.82, 2.24) is 9.78 Å². The largest absolute Gasteiger partial charge is 0.465 e. The van der Waals surface area contributed by atoms with E-state index in [1.807, 2.05) is 0 Å². The summed E-state index contributed by atoms with van der Waals surface area (Å²) >= 11 is 6.01. The Hall–Kier alpha value is -2.41. The quantitative estimate of drug-likeness (QED) is 0.869. The first-order chi connectivity index (χ1) is 10.8. The zero-order chi connectivity index (χ0) is 17.1. The Kier molecular flexibility index (Phi) is 5.00. The lowest BCUT2D eigenvalue weighted by Gasteiger charge is -2.09. The molecule has 1 heterocycles. The van der Waals surface area contributed by atoms with Crippen LogP contribution in [0.15, 0.2) is 18.2 Å². The van der Waals surface area contributed by atoms with Crippen LogP contribution >= 0.6 is 11.6 Å². The molecule has 0 radical (unpaired) electrons. The van der Waals surface area contributed by atoms with Crippen LogP contribution in [0.4, 0.5) is 10.1 Å². The molecule has 122 valence electrons. The molecule has 0 aliphatic carbocycles. The zero-order valence-corrected chi connectivity index (χ0v) is 13.6.